The van der Waals surface area contributed by atoms with E-state index < -0.39 is 18.1 Å². The monoisotopic (exact) mass is 464 g/mol. The van der Waals surface area contributed by atoms with Gasteiger partial charge in [0.15, 0.2) is 0 Å². The molecule has 7 nitrogen and oxygen atoms in total. The first kappa shape index (κ1) is 23.8. The Bertz CT molecular complexity index is 1010. The summed E-state index contributed by atoms with van der Waals surface area (Å²) in [4.78, 5) is 36.6. The molecule has 2 aromatic rings. The van der Waals surface area contributed by atoms with Crippen LogP contribution in [0.5, 0.6) is 0 Å². The molecule has 2 aliphatic rings. The van der Waals surface area contributed by atoms with Crippen LogP contribution in [0.2, 0.25) is 0 Å². The molecule has 2 amide bonds. The van der Waals surface area contributed by atoms with Gasteiger partial charge in [-0.2, -0.15) is 0 Å². The molecule has 2 aromatic carbocycles. The summed E-state index contributed by atoms with van der Waals surface area (Å²) in [6, 6.07) is 15.3. The van der Waals surface area contributed by atoms with Gasteiger partial charge in [-0.15, -0.1) is 0 Å². The van der Waals surface area contributed by atoms with Gasteiger partial charge in [0.05, 0.1) is 0 Å². The van der Waals surface area contributed by atoms with E-state index in [9.17, 15) is 19.5 Å². The van der Waals surface area contributed by atoms with Crippen LogP contribution in [0, 0.1) is 5.92 Å². The van der Waals surface area contributed by atoms with Gasteiger partial charge in [-0.1, -0.05) is 68.3 Å². The van der Waals surface area contributed by atoms with Crippen molar-refractivity contribution in [2.75, 3.05) is 6.61 Å². The molecule has 180 valence electrons. The summed E-state index contributed by atoms with van der Waals surface area (Å²) in [5, 5.41) is 14.9. The number of rotatable bonds is 8. The van der Waals surface area contributed by atoms with Crippen LogP contribution in [-0.4, -0.2) is 41.8 Å². The van der Waals surface area contributed by atoms with Crippen LogP contribution in [-0.2, 0) is 14.3 Å². The highest BCUT2D eigenvalue weighted by Gasteiger charge is 2.32. The first-order valence-electron chi connectivity index (χ1n) is 12.1. The normalized spacial score (nSPS) is 20.0. The van der Waals surface area contributed by atoms with Gasteiger partial charge < -0.3 is 20.5 Å². The fraction of sp³-hybridized carbons (Fsp3) is 0.444. The van der Waals surface area contributed by atoms with Gasteiger partial charge in [-0.05, 0) is 47.9 Å². The van der Waals surface area contributed by atoms with Crippen molar-refractivity contribution in [1.29, 1.82) is 0 Å². The number of alkyl carbamates (subject to hydrolysis) is 1. The Morgan fingerprint density at radius 3 is 2.29 bits per heavy atom. The smallest absolute Gasteiger partial charge is 0.407 e. The lowest BCUT2D eigenvalue weighted by atomic mass is 9.85. The van der Waals surface area contributed by atoms with E-state index in [1.54, 1.807) is 0 Å². The van der Waals surface area contributed by atoms with E-state index >= 15 is 0 Å². The average molecular weight is 465 g/mol. The summed E-state index contributed by atoms with van der Waals surface area (Å²) in [6.07, 6.45) is 3.32. The number of benzene rings is 2. The Morgan fingerprint density at radius 2 is 1.68 bits per heavy atom. The van der Waals surface area contributed by atoms with Crippen LogP contribution < -0.4 is 10.6 Å². The summed E-state index contributed by atoms with van der Waals surface area (Å²) in [7, 11) is 0. The fourth-order valence-electron chi connectivity index (χ4n) is 5.20. The number of hydrogen-bond acceptors (Lipinski definition) is 4. The second-order valence-corrected chi connectivity index (χ2v) is 9.22. The highest BCUT2D eigenvalue weighted by molar-refractivity contribution is 5.85. The maximum Gasteiger partial charge on any atom is 0.407 e. The Morgan fingerprint density at radius 1 is 1.03 bits per heavy atom. The van der Waals surface area contributed by atoms with Crippen LogP contribution in [0.1, 0.15) is 62.5 Å². The van der Waals surface area contributed by atoms with Gasteiger partial charge in [0.25, 0.3) is 0 Å². The van der Waals surface area contributed by atoms with Crippen LogP contribution in [0.15, 0.2) is 48.5 Å². The minimum atomic E-state index is -1.01. The maximum absolute atomic E-state index is 12.6. The lowest BCUT2D eigenvalue weighted by Gasteiger charge is -2.29. The van der Waals surface area contributed by atoms with E-state index in [4.69, 9.17) is 4.74 Å². The van der Waals surface area contributed by atoms with E-state index in [1.807, 2.05) is 31.2 Å². The van der Waals surface area contributed by atoms with Crippen molar-refractivity contribution in [3.05, 3.63) is 59.7 Å². The lowest BCUT2D eigenvalue weighted by molar-refractivity contribution is -0.142. The lowest BCUT2D eigenvalue weighted by Crippen LogP contribution is -2.47. The molecule has 3 atom stereocenters. The molecule has 4 rings (SSSR count). The largest absolute Gasteiger partial charge is 0.480 e. The van der Waals surface area contributed by atoms with E-state index in [2.05, 4.69) is 34.9 Å². The number of carboxylic acid groups (broad SMARTS) is 1. The third-order valence-electron chi connectivity index (χ3n) is 6.90. The standard InChI is InChI=1S/C27H32N2O5/c1-2-8-24(26(31)32)29-25(30)17-9-7-10-18(15-17)28-27(33)34-16-23-21-13-5-3-11-19(21)20-12-4-6-14-22(20)23/h3-6,11-14,17-18,23-24H,2,7-10,15-16H2,1H3,(H,28,33)(H,29,30)(H,31,32)/t17-,18-,24?/m1/s1. The quantitative estimate of drug-likeness (QED) is 0.535. The predicted molar refractivity (Wildman–Crippen MR) is 128 cm³/mol. The highest BCUT2D eigenvalue weighted by Crippen LogP contribution is 2.44. The van der Waals surface area contributed by atoms with Gasteiger partial charge in [0, 0.05) is 17.9 Å². The first-order valence-corrected chi connectivity index (χ1v) is 12.1. The molecule has 0 saturated heterocycles. The Kier molecular flexibility index (Phi) is 7.50. The van der Waals surface area contributed by atoms with Gasteiger partial charge in [0.2, 0.25) is 5.91 Å². The molecule has 0 spiro atoms. The molecule has 34 heavy (non-hydrogen) atoms. The third kappa shape index (κ3) is 5.24. The molecule has 1 fully saturated rings. The summed E-state index contributed by atoms with van der Waals surface area (Å²) in [5.74, 6) is -1.58. The average Bonchev–Trinajstić information content (AvgIpc) is 3.16. The third-order valence-corrected chi connectivity index (χ3v) is 6.90. The number of ether oxygens (including phenoxy) is 1. The number of hydrogen-bond donors (Lipinski definition) is 3. The number of aliphatic carboxylic acids is 1. The Balaban J connectivity index is 1.31. The van der Waals surface area contributed by atoms with Crippen molar-refractivity contribution < 1.29 is 24.2 Å². The summed E-state index contributed by atoms with van der Waals surface area (Å²) < 4.78 is 5.64. The van der Waals surface area contributed by atoms with Crippen molar-refractivity contribution in [3.63, 3.8) is 0 Å². The molecule has 0 aliphatic heterocycles. The van der Waals surface area contributed by atoms with E-state index in [-0.39, 0.29) is 30.4 Å². The topological polar surface area (TPSA) is 105 Å². The van der Waals surface area contributed by atoms with Crippen LogP contribution in [0.4, 0.5) is 4.79 Å². The number of carbonyl (C=O) groups excluding carboxylic acids is 2. The van der Waals surface area contributed by atoms with Crippen molar-refractivity contribution in [2.45, 2.75) is 63.5 Å². The van der Waals surface area contributed by atoms with Crippen LogP contribution in [0.25, 0.3) is 11.1 Å². The van der Waals surface area contributed by atoms with E-state index in [1.165, 1.54) is 11.1 Å². The molecule has 7 heteroatoms. The number of carbonyl (C=O) groups is 3. The van der Waals surface area contributed by atoms with Crippen LogP contribution >= 0.6 is 0 Å². The molecule has 0 heterocycles. The van der Waals surface area contributed by atoms with Crippen molar-refractivity contribution in [3.8, 4) is 11.1 Å². The molecule has 3 N–H and O–H groups in total. The molecule has 2 aliphatic carbocycles. The fourth-order valence-corrected chi connectivity index (χ4v) is 5.20. The zero-order valence-corrected chi connectivity index (χ0v) is 19.5. The summed E-state index contributed by atoms with van der Waals surface area (Å²) in [5.41, 5.74) is 4.67. The minimum Gasteiger partial charge on any atom is -0.480 e. The van der Waals surface area contributed by atoms with Crippen LogP contribution in [0.3, 0.4) is 0 Å². The predicted octanol–water partition coefficient (Wildman–Crippen LogP) is 4.45. The summed E-state index contributed by atoms with van der Waals surface area (Å²) in [6.45, 7) is 2.13. The van der Waals surface area contributed by atoms with E-state index in [0.717, 1.165) is 24.0 Å². The van der Waals surface area contributed by atoms with Gasteiger partial charge >= 0.3 is 12.1 Å². The maximum atomic E-state index is 12.6. The molecule has 1 unspecified atom stereocenters. The Labute approximate surface area is 199 Å². The first-order chi connectivity index (χ1) is 16.5. The number of fused-ring (bicyclic) bond motifs is 3. The van der Waals surface area contributed by atoms with E-state index in [0.29, 0.717) is 25.7 Å². The minimum absolute atomic E-state index is 0.00505. The molecule has 0 bridgehead atoms. The van der Waals surface area contributed by atoms with Crippen molar-refractivity contribution >= 4 is 18.0 Å². The highest BCUT2D eigenvalue weighted by atomic mass is 16.5. The van der Waals surface area contributed by atoms with Crippen molar-refractivity contribution in [1.82, 2.24) is 10.6 Å². The van der Waals surface area contributed by atoms with Gasteiger partial charge in [-0.25, -0.2) is 9.59 Å². The van der Waals surface area contributed by atoms with Crippen molar-refractivity contribution in [2.24, 2.45) is 5.92 Å². The summed E-state index contributed by atoms with van der Waals surface area (Å²) >= 11 is 0. The number of amides is 2. The zero-order valence-electron chi connectivity index (χ0n) is 19.5. The molecule has 0 aromatic heterocycles. The Hall–Kier alpha value is -3.35. The second-order valence-electron chi connectivity index (χ2n) is 9.22. The second kappa shape index (κ2) is 10.7. The molecular weight excluding hydrogens is 432 g/mol. The molecule has 0 radical (unpaired) electrons. The molecular formula is C27H32N2O5. The zero-order chi connectivity index (χ0) is 24.1. The molecule has 1 saturated carbocycles. The number of nitrogens with one attached hydrogen (secondary N) is 2. The van der Waals surface area contributed by atoms with Gasteiger partial charge in [0.1, 0.15) is 12.6 Å². The van der Waals surface area contributed by atoms with Gasteiger partial charge in [-0.3, -0.25) is 4.79 Å². The number of carboxylic acids is 1. The SMILES string of the molecule is CCCC(NC(=O)[C@@H]1CCC[C@@H](NC(=O)OCC2c3ccccc3-c3ccccc32)C1)C(=O)O.